The zero-order chi connectivity index (χ0) is 11.7. The maximum atomic E-state index is 9.97. The van der Waals surface area contributed by atoms with Gasteiger partial charge in [-0.25, -0.2) is 0 Å². The Morgan fingerprint density at radius 3 is 2.82 bits per heavy atom. The van der Waals surface area contributed by atoms with E-state index in [1.807, 2.05) is 0 Å². The van der Waals surface area contributed by atoms with E-state index >= 15 is 0 Å². The van der Waals surface area contributed by atoms with Crippen LogP contribution >= 0.6 is 0 Å². The summed E-state index contributed by atoms with van der Waals surface area (Å²) in [6.07, 6.45) is 8.54. The summed E-state index contributed by atoms with van der Waals surface area (Å²) in [5.74, 6) is 1.34. The standard InChI is InChI=1S/C16H22O/c17-16(14-8-9-14)11-10-13-6-3-5-12-4-1-2-7-15(12)13/h1-2,4,7,13-14,16-17H,3,5-6,8-11H2. The number of hydrogen-bond donors (Lipinski definition) is 1. The van der Waals surface area contributed by atoms with Crippen LogP contribution in [0.25, 0.3) is 0 Å². The molecule has 0 saturated heterocycles. The monoisotopic (exact) mass is 230 g/mol. The molecule has 0 spiro atoms. The minimum Gasteiger partial charge on any atom is -0.393 e. The Balaban J connectivity index is 1.63. The molecule has 2 aliphatic carbocycles. The maximum absolute atomic E-state index is 9.97. The normalized spacial score (nSPS) is 25.4. The summed E-state index contributed by atoms with van der Waals surface area (Å²) in [5.41, 5.74) is 3.10. The van der Waals surface area contributed by atoms with Crippen molar-refractivity contribution in [3.63, 3.8) is 0 Å². The van der Waals surface area contributed by atoms with Crippen molar-refractivity contribution in [1.82, 2.24) is 0 Å². The average Bonchev–Trinajstić information content (AvgIpc) is 3.20. The Morgan fingerprint density at radius 1 is 1.18 bits per heavy atom. The zero-order valence-electron chi connectivity index (χ0n) is 10.4. The number of hydrogen-bond acceptors (Lipinski definition) is 1. The molecule has 1 aromatic carbocycles. The molecule has 0 aromatic heterocycles. The van der Waals surface area contributed by atoms with Gasteiger partial charge in [0.15, 0.2) is 0 Å². The van der Waals surface area contributed by atoms with Crippen LogP contribution in [0.5, 0.6) is 0 Å². The fourth-order valence-corrected chi connectivity index (χ4v) is 3.24. The van der Waals surface area contributed by atoms with E-state index in [2.05, 4.69) is 24.3 Å². The highest BCUT2D eigenvalue weighted by molar-refractivity contribution is 5.32. The van der Waals surface area contributed by atoms with E-state index in [0.29, 0.717) is 11.8 Å². The topological polar surface area (TPSA) is 20.2 Å². The van der Waals surface area contributed by atoms with E-state index in [1.165, 1.54) is 38.5 Å². The molecule has 2 atom stereocenters. The zero-order valence-corrected chi connectivity index (χ0v) is 10.4. The first-order valence-electron chi connectivity index (χ1n) is 7.10. The van der Waals surface area contributed by atoms with Crippen molar-refractivity contribution in [2.75, 3.05) is 0 Å². The molecule has 0 radical (unpaired) electrons. The molecular weight excluding hydrogens is 208 g/mol. The Kier molecular flexibility index (Phi) is 3.19. The van der Waals surface area contributed by atoms with Crippen molar-refractivity contribution < 1.29 is 5.11 Å². The van der Waals surface area contributed by atoms with Crippen LogP contribution in [0.1, 0.15) is 55.6 Å². The van der Waals surface area contributed by atoms with Crippen LogP contribution in [0.4, 0.5) is 0 Å². The first kappa shape index (κ1) is 11.3. The summed E-state index contributed by atoms with van der Waals surface area (Å²) in [4.78, 5) is 0. The molecule has 1 saturated carbocycles. The third-order valence-electron chi connectivity index (χ3n) is 4.47. The first-order valence-corrected chi connectivity index (χ1v) is 7.10. The van der Waals surface area contributed by atoms with E-state index in [-0.39, 0.29) is 6.10 Å². The molecule has 2 aliphatic rings. The van der Waals surface area contributed by atoms with E-state index < -0.39 is 0 Å². The molecule has 1 fully saturated rings. The molecule has 0 heterocycles. The van der Waals surface area contributed by atoms with Crippen LogP contribution in [0.2, 0.25) is 0 Å². The summed E-state index contributed by atoms with van der Waals surface area (Å²) in [7, 11) is 0. The molecule has 1 aromatic rings. The van der Waals surface area contributed by atoms with E-state index in [1.54, 1.807) is 11.1 Å². The van der Waals surface area contributed by atoms with E-state index in [0.717, 1.165) is 6.42 Å². The molecule has 2 unspecified atom stereocenters. The molecule has 0 amide bonds. The van der Waals surface area contributed by atoms with Crippen LogP contribution in [0, 0.1) is 5.92 Å². The van der Waals surface area contributed by atoms with Crippen molar-refractivity contribution in [3.05, 3.63) is 35.4 Å². The van der Waals surface area contributed by atoms with Crippen molar-refractivity contribution in [1.29, 1.82) is 0 Å². The van der Waals surface area contributed by atoms with E-state index in [9.17, 15) is 5.11 Å². The lowest BCUT2D eigenvalue weighted by Gasteiger charge is -2.26. The maximum Gasteiger partial charge on any atom is 0.0568 e. The molecule has 17 heavy (non-hydrogen) atoms. The Bertz CT molecular complexity index is 381. The van der Waals surface area contributed by atoms with Crippen molar-refractivity contribution >= 4 is 0 Å². The summed E-state index contributed by atoms with van der Waals surface area (Å²) >= 11 is 0. The quantitative estimate of drug-likeness (QED) is 0.837. The fraction of sp³-hybridized carbons (Fsp3) is 0.625. The van der Waals surface area contributed by atoms with Gasteiger partial charge >= 0.3 is 0 Å². The molecule has 3 rings (SSSR count). The summed E-state index contributed by atoms with van der Waals surface area (Å²) < 4.78 is 0. The van der Waals surface area contributed by atoms with Crippen LogP contribution < -0.4 is 0 Å². The third-order valence-corrected chi connectivity index (χ3v) is 4.47. The average molecular weight is 230 g/mol. The lowest BCUT2D eigenvalue weighted by Crippen LogP contribution is -2.14. The minimum atomic E-state index is -0.0240. The Hall–Kier alpha value is -0.820. The number of benzene rings is 1. The van der Waals surface area contributed by atoms with Gasteiger partial charge in [-0.05, 0) is 67.9 Å². The highest BCUT2D eigenvalue weighted by Gasteiger charge is 2.30. The second-order valence-electron chi connectivity index (χ2n) is 5.77. The summed E-state index contributed by atoms with van der Waals surface area (Å²) in [5, 5.41) is 9.97. The van der Waals surface area contributed by atoms with E-state index in [4.69, 9.17) is 0 Å². The molecular formula is C16H22O. The molecule has 1 N–H and O–H groups in total. The number of fused-ring (bicyclic) bond motifs is 1. The van der Waals surface area contributed by atoms with Gasteiger partial charge in [-0.1, -0.05) is 24.3 Å². The molecule has 92 valence electrons. The largest absolute Gasteiger partial charge is 0.393 e. The minimum absolute atomic E-state index is 0.0240. The van der Waals surface area contributed by atoms with Gasteiger partial charge in [0.1, 0.15) is 0 Å². The Labute approximate surface area is 104 Å². The van der Waals surface area contributed by atoms with Gasteiger partial charge in [0.2, 0.25) is 0 Å². The molecule has 0 aliphatic heterocycles. The second-order valence-corrected chi connectivity index (χ2v) is 5.77. The fourth-order valence-electron chi connectivity index (χ4n) is 3.24. The predicted molar refractivity (Wildman–Crippen MR) is 70.1 cm³/mol. The third kappa shape index (κ3) is 2.55. The van der Waals surface area contributed by atoms with Crippen molar-refractivity contribution in [2.45, 2.75) is 57.0 Å². The lowest BCUT2D eigenvalue weighted by atomic mass is 9.80. The van der Waals surface area contributed by atoms with Crippen LogP contribution in [0.3, 0.4) is 0 Å². The molecule has 1 nitrogen and oxygen atoms in total. The number of aliphatic hydroxyl groups excluding tert-OH is 1. The molecule has 1 heteroatoms. The second kappa shape index (κ2) is 4.81. The van der Waals surface area contributed by atoms with Crippen LogP contribution in [-0.4, -0.2) is 11.2 Å². The predicted octanol–water partition coefficient (Wildman–Crippen LogP) is 3.66. The van der Waals surface area contributed by atoms with Gasteiger partial charge in [0.05, 0.1) is 6.10 Å². The Morgan fingerprint density at radius 2 is 2.00 bits per heavy atom. The highest BCUT2D eigenvalue weighted by Crippen LogP contribution is 2.38. The summed E-state index contributed by atoms with van der Waals surface area (Å²) in [6, 6.07) is 8.89. The van der Waals surface area contributed by atoms with Crippen LogP contribution in [-0.2, 0) is 6.42 Å². The smallest absolute Gasteiger partial charge is 0.0568 e. The number of rotatable bonds is 4. The summed E-state index contributed by atoms with van der Waals surface area (Å²) in [6.45, 7) is 0. The first-order chi connectivity index (χ1) is 8.34. The highest BCUT2D eigenvalue weighted by atomic mass is 16.3. The van der Waals surface area contributed by atoms with Crippen LogP contribution in [0.15, 0.2) is 24.3 Å². The lowest BCUT2D eigenvalue weighted by molar-refractivity contribution is 0.135. The number of aryl methyl sites for hydroxylation is 1. The van der Waals surface area contributed by atoms with Gasteiger partial charge in [0.25, 0.3) is 0 Å². The molecule has 0 bridgehead atoms. The number of aliphatic hydroxyl groups is 1. The van der Waals surface area contributed by atoms with Gasteiger partial charge in [-0.2, -0.15) is 0 Å². The van der Waals surface area contributed by atoms with Crippen molar-refractivity contribution in [3.8, 4) is 0 Å². The SMILES string of the molecule is OC(CCC1CCCc2ccccc21)C1CC1. The van der Waals surface area contributed by atoms with Gasteiger partial charge in [-0.3, -0.25) is 0 Å². The van der Waals surface area contributed by atoms with Gasteiger partial charge in [0, 0.05) is 0 Å². The van der Waals surface area contributed by atoms with Crippen molar-refractivity contribution in [2.24, 2.45) is 5.92 Å². The van der Waals surface area contributed by atoms with Gasteiger partial charge in [-0.15, -0.1) is 0 Å². The van der Waals surface area contributed by atoms with Gasteiger partial charge < -0.3 is 5.11 Å².